The van der Waals surface area contributed by atoms with Crippen LogP contribution in [0.25, 0.3) is 10.4 Å². The van der Waals surface area contributed by atoms with Crippen LogP contribution in [0.4, 0.5) is 11.4 Å². The van der Waals surface area contributed by atoms with E-state index >= 15 is 0 Å². The van der Waals surface area contributed by atoms with Gasteiger partial charge in [0.1, 0.15) is 0 Å². The molecule has 1 amide bonds. The molecule has 1 aromatic heterocycles. The molecule has 0 saturated heterocycles. The quantitative estimate of drug-likeness (QED) is 0.268. The summed E-state index contributed by atoms with van der Waals surface area (Å²) in [5.41, 5.74) is 8.53. The van der Waals surface area contributed by atoms with E-state index in [0.717, 1.165) is 16.0 Å². The molecule has 170 valence electrons. The van der Waals surface area contributed by atoms with Gasteiger partial charge >= 0.3 is 0 Å². The summed E-state index contributed by atoms with van der Waals surface area (Å²) < 4.78 is 18.2. The third-order valence-corrected chi connectivity index (χ3v) is 7.46. The van der Waals surface area contributed by atoms with Gasteiger partial charge in [-0.15, -0.1) is 11.3 Å². The molecule has 0 saturated carbocycles. The van der Waals surface area contributed by atoms with Crippen LogP contribution in [0.15, 0.2) is 60.0 Å². The molecule has 6 nitrogen and oxygen atoms in total. The van der Waals surface area contributed by atoms with Crippen molar-refractivity contribution < 1.29 is 19.0 Å². The SMILES string of the molecule is CC(C)(O)CCOP(C)(=O)Cc1ccc(C(=O)Nc2cc(-c3cccs3)ccc2N)cc1. The van der Waals surface area contributed by atoms with Crippen LogP contribution in [-0.2, 0) is 15.3 Å². The summed E-state index contributed by atoms with van der Waals surface area (Å²) in [4.78, 5) is 13.8. The van der Waals surface area contributed by atoms with Crippen molar-refractivity contribution >= 4 is 36.0 Å². The van der Waals surface area contributed by atoms with E-state index in [1.54, 1.807) is 62.2 Å². The van der Waals surface area contributed by atoms with Crippen LogP contribution in [0.1, 0.15) is 36.2 Å². The first-order chi connectivity index (χ1) is 15.0. The fourth-order valence-electron chi connectivity index (χ4n) is 3.08. The smallest absolute Gasteiger partial charge is 0.255 e. The minimum atomic E-state index is -2.86. The highest BCUT2D eigenvalue weighted by molar-refractivity contribution is 7.57. The molecule has 1 atom stereocenters. The Morgan fingerprint density at radius 1 is 1.19 bits per heavy atom. The van der Waals surface area contributed by atoms with Gasteiger partial charge in [0.25, 0.3) is 5.91 Å². The van der Waals surface area contributed by atoms with Crippen molar-refractivity contribution in [2.24, 2.45) is 0 Å². The molecule has 0 bridgehead atoms. The zero-order valence-corrected chi connectivity index (χ0v) is 20.2. The zero-order chi connectivity index (χ0) is 23.4. The number of nitrogens with two attached hydrogens (primary N) is 1. The first-order valence-corrected chi connectivity index (χ1v) is 13.4. The van der Waals surface area contributed by atoms with Crippen molar-refractivity contribution in [2.75, 3.05) is 24.3 Å². The van der Waals surface area contributed by atoms with Crippen LogP contribution >= 0.6 is 18.7 Å². The summed E-state index contributed by atoms with van der Waals surface area (Å²) in [6.07, 6.45) is 0.664. The van der Waals surface area contributed by atoms with Gasteiger partial charge in [0.05, 0.1) is 23.6 Å². The van der Waals surface area contributed by atoms with Crippen molar-refractivity contribution in [3.05, 3.63) is 71.1 Å². The number of rotatable bonds is 9. The van der Waals surface area contributed by atoms with Crippen LogP contribution < -0.4 is 11.1 Å². The standard InChI is InChI=1S/C24H29N2O4PS/c1-24(2,28)12-13-30-31(3,29)16-17-6-8-18(9-7-17)23(27)26-21-15-19(10-11-20(21)25)22-5-4-14-32-22/h4-11,14-15,28H,12-13,16,25H2,1-3H3,(H,26,27). The van der Waals surface area contributed by atoms with Crippen LogP contribution in [0.2, 0.25) is 0 Å². The predicted octanol–water partition coefficient (Wildman–Crippen LogP) is 5.84. The molecule has 0 radical (unpaired) electrons. The lowest BCUT2D eigenvalue weighted by Gasteiger charge is -2.19. The Kier molecular flexibility index (Phi) is 7.57. The Bertz CT molecular complexity index is 1110. The maximum atomic E-state index is 12.7. The van der Waals surface area contributed by atoms with Crippen molar-refractivity contribution in [1.82, 2.24) is 0 Å². The third-order valence-electron chi connectivity index (χ3n) is 4.87. The van der Waals surface area contributed by atoms with E-state index in [9.17, 15) is 14.5 Å². The fraction of sp³-hybridized carbons (Fsp3) is 0.292. The molecule has 4 N–H and O–H groups in total. The molecule has 2 aromatic carbocycles. The lowest BCUT2D eigenvalue weighted by Crippen LogP contribution is -2.20. The number of benzene rings is 2. The molecule has 1 unspecified atom stereocenters. The summed E-state index contributed by atoms with van der Waals surface area (Å²) in [6.45, 7) is 5.19. The Balaban J connectivity index is 1.63. The van der Waals surface area contributed by atoms with E-state index in [0.29, 0.717) is 23.4 Å². The van der Waals surface area contributed by atoms with E-state index in [1.807, 2.05) is 29.6 Å². The number of hydrogen-bond donors (Lipinski definition) is 3. The second kappa shape index (κ2) is 10.0. The van der Waals surface area contributed by atoms with Gasteiger partial charge in [-0.05, 0) is 67.1 Å². The Hall–Kier alpha value is -2.44. The number of nitrogen functional groups attached to an aromatic ring is 1. The fourth-order valence-corrected chi connectivity index (χ4v) is 5.25. The molecule has 0 fully saturated rings. The molecule has 32 heavy (non-hydrogen) atoms. The van der Waals surface area contributed by atoms with Gasteiger partial charge in [0.15, 0.2) is 0 Å². The second-order valence-electron chi connectivity index (χ2n) is 8.50. The average molecular weight is 473 g/mol. The summed E-state index contributed by atoms with van der Waals surface area (Å²) in [6, 6.07) is 16.5. The summed E-state index contributed by atoms with van der Waals surface area (Å²) in [5.74, 6) is -0.271. The van der Waals surface area contributed by atoms with Gasteiger partial charge < -0.3 is 20.7 Å². The summed E-state index contributed by atoms with van der Waals surface area (Å²) in [5, 5.41) is 14.6. The van der Waals surface area contributed by atoms with Gasteiger partial charge in [0, 0.05) is 23.3 Å². The second-order valence-corrected chi connectivity index (χ2v) is 12.0. The van der Waals surface area contributed by atoms with E-state index < -0.39 is 13.0 Å². The van der Waals surface area contributed by atoms with Crippen molar-refractivity contribution in [3.8, 4) is 10.4 Å². The normalized spacial score (nSPS) is 13.5. The zero-order valence-electron chi connectivity index (χ0n) is 18.5. The topological polar surface area (TPSA) is 102 Å². The lowest BCUT2D eigenvalue weighted by molar-refractivity contribution is 0.0559. The number of aliphatic hydroxyl groups is 1. The molecule has 1 heterocycles. The van der Waals surface area contributed by atoms with Crippen LogP contribution in [0, 0.1) is 0 Å². The van der Waals surface area contributed by atoms with Gasteiger partial charge in [-0.1, -0.05) is 24.3 Å². The number of amides is 1. The monoisotopic (exact) mass is 472 g/mol. The molecule has 3 rings (SSSR count). The van der Waals surface area contributed by atoms with E-state index in [2.05, 4.69) is 5.32 Å². The lowest BCUT2D eigenvalue weighted by atomic mass is 10.1. The van der Waals surface area contributed by atoms with Crippen molar-refractivity contribution in [3.63, 3.8) is 0 Å². The maximum Gasteiger partial charge on any atom is 0.255 e. The largest absolute Gasteiger partial charge is 0.397 e. The summed E-state index contributed by atoms with van der Waals surface area (Å²) in [7, 11) is -2.86. The molecular formula is C24H29N2O4PS. The Morgan fingerprint density at radius 3 is 2.53 bits per heavy atom. The number of carbonyl (C=O) groups excluding carboxylic acids is 1. The number of nitrogens with one attached hydrogen (secondary N) is 1. The molecule has 0 spiro atoms. The third kappa shape index (κ3) is 7.04. The van der Waals surface area contributed by atoms with E-state index in [-0.39, 0.29) is 18.7 Å². The number of hydrogen-bond acceptors (Lipinski definition) is 6. The average Bonchev–Trinajstić information content (AvgIpc) is 3.23. The van der Waals surface area contributed by atoms with Crippen molar-refractivity contribution in [1.29, 1.82) is 0 Å². The van der Waals surface area contributed by atoms with E-state index in [4.69, 9.17) is 10.3 Å². The first kappa shape index (κ1) is 24.2. The Labute approximate surface area is 192 Å². The minimum Gasteiger partial charge on any atom is -0.397 e. The molecule has 8 heteroatoms. The molecule has 0 aliphatic rings. The highest BCUT2D eigenvalue weighted by Gasteiger charge is 2.20. The number of carbonyl (C=O) groups is 1. The van der Waals surface area contributed by atoms with Gasteiger partial charge in [0.2, 0.25) is 7.37 Å². The molecule has 0 aliphatic heterocycles. The van der Waals surface area contributed by atoms with Gasteiger partial charge in [-0.2, -0.15) is 0 Å². The highest BCUT2D eigenvalue weighted by atomic mass is 32.1. The predicted molar refractivity (Wildman–Crippen MR) is 133 cm³/mol. The molecule has 3 aromatic rings. The Morgan fingerprint density at radius 2 is 1.91 bits per heavy atom. The number of anilines is 2. The van der Waals surface area contributed by atoms with Crippen LogP contribution in [0.3, 0.4) is 0 Å². The summed E-state index contributed by atoms with van der Waals surface area (Å²) >= 11 is 1.62. The van der Waals surface area contributed by atoms with Crippen LogP contribution in [-0.4, -0.2) is 29.9 Å². The van der Waals surface area contributed by atoms with Crippen molar-refractivity contribution in [2.45, 2.75) is 32.0 Å². The van der Waals surface area contributed by atoms with Gasteiger partial charge in [-0.3, -0.25) is 9.36 Å². The highest BCUT2D eigenvalue weighted by Crippen LogP contribution is 2.46. The molecule has 0 aliphatic carbocycles. The number of thiophene rings is 1. The minimum absolute atomic E-state index is 0.226. The van der Waals surface area contributed by atoms with Crippen LogP contribution in [0.5, 0.6) is 0 Å². The maximum absolute atomic E-state index is 12.7. The van der Waals surface area contributed by atoms with Gasteiger partial charge in [-0.25, -0.2) is 0 Å². The van der Waals surface area contributed by atoms with E-state index in [1.165, 1.54) is 0 Å². The first-order valence-electron chi connectivity index (χ1n) is 10.3. The molecular weight excluding hydrogens is 443 g/mol.